The Morgan fingerprint density at radius 1 is 1.43 bits per heavy atom. The molecule has 116 valence electrons. The van der Waals surface area contributed by atoms with Gasteiger partial charge in [-0.2, -0.15) is 0 Å². The second-order valence-corrected chi connectivity index (χ2v) is 5.23. The lowest BCUT2D eigenvalue weighted by Crippen LogP contribution is -2.32. The SMILES string of the molecule is COc1cccc(OCCCNC(=O)CC2CCCN2)c1. The molecule has 0 saturated carbocycles. The smallest absolute Gasteiger partial charge is 0.221 e. The molecule has 2 rings (SSSR count). The fourth-order valence-corrected chi connectivity index (χ4v) is 2.41. The van der Waals surface area contributed by atoms with E-state index in [0.29, 0.717) is 25.6 Å². The van der Waals surface area contributed by atoms with Gasteiger partial charge in [-0.25, -0.2) is 0 Å². The highest BCUT2D eigenvalue weighted by Crippen LogP contribution is 2.18. The summed E-state index contributed by atoms with van der Waals surface area (Å²) in [4.78, 5) is 11.7. The molecule has 1 heterocycles. The van der Waals surface area contributed by atoms with E-state index in [9.17, 15) is 4.79 Å². The summed E-state index contributed by atoms with van der Waals surface area (Å²) in [5.74, 6) is 1.69. The predicted molar refractivity (Wildman–Crippen MR) is 81.8 cm³/mol. The first-order chi connectivity index (χ1) is 10.3. The van der Waals surface area contributed by atoms with Crippen molar-refractivity contribution < 1.29 is 14.3 Å². The lowest BCUT2D eigenvalue weighted by Gasteiger charge is -2.11. The van der Waals surface area contributed by atoms with Crippen LogP contribution >= 0.6 is 0 Å². The molecule has 1 fully saturated rings. The van der Waals surface area contributed by atoms with Crippen molar-refractivity contribution in [1.82, 2.24) is 10.6 Å². The maximum Gasteiger partial charge on any atom is 0.221 e. The second-order valence-electron chi connectivity index (χ2n) is 5.23. The first kappa shape index (κ1) is 15.6. The molecule has 2 N–H and O–H groups in total. The van der Waals surface area contributed by atoms with Gasteiger partial charge >= 0.3 is 0 Å². The van der Waals surface area contributed by atoms with Gasteiger partial charge in [-0.3, -0.25) is 4.79 Å². The number of hydrogen-bond donors (Lipinski definition) is 2. The van der Waals surface area contributed by atoms with Crippen molar-refractivity contribution in [2.75, 3.05) is 26.8 Å². The van der Waals surface area contributed by atoms with Crippen LogP contribution in [0.3, 0.4) is 0 Å². The Labute approximate surface area is 126 Å². The summed E-state index contributed by atoms with van der Waals surface area (Å²) in [5, 5.41) is 6.26. The molecular weight excluding hydrogens is 268 g/mol. The molecule has 0 aromatic heterocycles. The summed E-state index contributed by atoms with van der Waals surface area (Å²) in [5.41, 5.74) is 0. The van der Waals surface area contributed by atoms with Crippen LogP contribution in [-0.4, -0.2) is 38.8 Å². The molecule has 1 amide bonds. The van der Waals surface area contributed by atoms with Crippen molar-refractivity contribution in [2.45, 2.75) is 31.7 Å². The summed E-state index contributed by atoms with van der Waals surface area (Å²) in [7, 11) is 1.63. The van der Waals surface area contributed by atoms with Crippen molar-refractivity contribution in [3.63, 3.8) is 0 Å². The number of hydrogen-bond acceptors (Lipinski definition) is 4. The summed E-state index contributed by atoms with van der Waals surface area (Å²) in [6.07, 6.45) is 3.65. The third-order valence-electron chi connectivity index (χ3n) is 3.55. The zero-order valence-electron chi connectivity index (χ0n) is 12.6. The standard InChI is InChI=1S/C16H24N2O3/c1-20-14-6-2-7-15(12-14)21-10-4-9-18-16(19)11-13-5-3-8-17-13/h2,6-7,12-13,17H,3-5,8-11H2,1H3,(H,18,19). The van der Waals surface area contributed by atoms with E-state index in [-0.39, 0.29) is 5.91 Å². The lowest BCUT2D eigenvalue weighted by molar-refractivity contribution is -0.121. The second kappa shape index (κ2) is 8.52. The molecule has 0 bridgehead atoms. The third kappa shape index (κ3) is 5.63. The summed E-state index contributed by atoms with van der Waals surface area (Å²) in [6, 6.07) is 7.88. The van der Waals surface area contributed by atoms with Gasteiger partial charge < -0.3 is 20.1 Å². The molecule has 1 saturated heterocycles. The molecule has 1 unspecified atom stereocenters. The van der Waals surface area contributed by atoms with E-state index in [1.54, 1.807) is 7.11 Å². The number of rotatable bonds is 8. The zero-order chi connectivity index (χ0) is 14.9. The van der Waals surface area contributed by atoms with Gasteiger partial charge in [0.2, 0.25) is 5.91 Å². The number of methoxy groups -OCH3 is 1. The molecule has 1 aromatic carbocycles. The van der Waals surface area contributed by atoms with Gasteiger partial charge in [0, 0.05) is 25.1 Å². The van der Waals surface area contributed by atoms with Gasteiger partial charge in [0.15, 0.2) is 0 Å². The summed E-state index contributed by atoms with van der Waals surface area (Å²) < 4.78 is 10.8. The number of ether oxygens (including phenoxy) is 2. The zero-order valence-corrected chi connectivity index (χ0v) is 12.6. The largest absolute Gasteiger partial charge is 0.497 e. The van der Waals surface area contributed by atoms with E-state index in [1.165, 1.54) is 6.42 Å². The van der Waals surface area contributed by atoms with Crippen molar-refractivity contribution in [2.24, 2.45) is 0 Å². The Kier molecular flexibility index (Phi) is 6.34. The van der Waals surface area contributed by atoms with Crippen LogP contribution < -0.4 is 20.1 Å². The third-order valence-corrected chi connectivity index (χ3v) is 3.55. The Balaban J connectivity index is 1.55. The first-order valence-corrected chi connectivity index (χ1v) is 7.55. The predicted octanol–water partition coefficient (Wildman–Crippen LogP) is 1.72. The Hall–Kier alpha value is -1.75. The molecular formula is C16H24N2O3. The van der Waals surface area contributed by atoms with E-state index < -0.39 is 0 Å². The van der Waals surface area contributed by atoms with Gasteiger partial charge in [0.05, 0.1) is 13.7 Å². The van der Waals surface area contributed by atoms with Gasteiger partial charge in [-0.1, -0.05) is 6.07 Å². The van der Waals surface area contributed by atoms with Crippen molar-refractivity contribution in [3.8, 4) is 11.5 Å². The minimum atomic E-state index is 0.121. The molecule has 1 aliphatic rings. The van der Waals surface area contributed by atoms with Crippen molar-refractivity contribution in [3.05, 3.63) is 24.3 Å². The highest BCUT2D eigenvalue weighted by atomic mass is 16.5. The Morgan fingerprint density at radius 3 is 3.05 bits per heavy atom. The van der Waals surface area contributed by atoms with Crippen LogP contribution in [0.4, 0.5) is 0 Å². The maximum absolute atomic E-state index is 11.7. The Bertz CT molecular complexity index is 445. The monoisotopic (exact) mass is 292 g/mol. The number of carbonyl (C=O) groups excluding carboxylic acids is 1. The summed E-state index contributed by atoms with van der Waals surface area (Å²) >= 11 is 0. The average Bonchev–Trinajstić information content (AvgIpc) is 3.00. The molecule has 5 nitrogen and oxygen atoms in total. The lowest BCUT2D eigenvalue weighted by atomic mass is 10.1. The number of amides is 1. The van der Waals surface area contributed by atoms with Crippen molar-refractivity contribution in [1.29, 1.82) is 0 Å². The van der Waals surface area contributed by atoms with Crippen molar-refractivity contribution >= 4 is 5.91 Å². The van der Waals surface area contributed by atoms with Gasteiger partial charge in [-0.15, -0.1) is 0 Å². The van der Waals surface area contributed by atoms with Crippen LogP contribution in [0.2, 0.25) is 0 Å². The molecule has 0 radical (unpaired) electrons. The molecule has 5 heteroatoms. The van der Waals surface area contributed by atoms with Crippen LogP contribution in [0.5, 0.6) is 11.5 Å². The average molecular weight is 292 g/mol. The van der Waals surface area contributed by atoms with Gasteiger partial charge in [0.25, 0.3) is 0 Å². The molecule has 1 aliphatic heterocycles. The quantitative estimate of drug-likeness (QED) is 0.716. The van der Waals surface area contributed by atoms with Crippen LogP contribution in [0, 0.1) is 0 Å². The van der Waals surface area contributed by atoms with E-state index >= 15 is 0 Å². The van der Waals surface area contributed by atoms with Crippen LogP contribution in [-0.2, 0) is 4.79 Å². The van der Waals surface area contributed by atoms with Crippen LogP contribution in [0.15, 0.2) is 24.3 Å². The number of benzene rings is 1. The van der Waals surface area contributed by atoms with E-state index in [4.69, 9.17) is 9.47 Å². The van der Waals surface area contributed by atoms with E-state index in [2.05, 4.69) is 10.6 Å². The molecule has 0 aliphatic carbocycles. The number of nitrogens with one attached hydrogen (secondary N) is 2. The van der Waals surface area contributed by atoms with Gasteiger partial charge in [-0.05, 0) is 37.9 Å². The highest BCUT2D eigenvalue weighted by Gasteiger charge is 2.16. The topological polar surface area (TPSA) is 59.6 Å². The van der Waals surface area contributed by atoms with E-state index in [0.717, 1.165) is 30.9 Å². The molecule has 21 heavy (non-hydrogen) atoms. The van der Waals surface area contributed by atoms with Crippen LogP contribution in [0.1, 0.15) is 25.7 Å². The van der Waals surface area contributed by atoms with Crippen LogP contribution in [0.25, 0.3) is 0 Å². The molecule has 1 atom stereocenters. The molecule has 1 aromatic rings. The normalized spacial score (nSPS) is 17.5. The highest BCUT2D eigenvalue weighted by molar-refractivity contribution is 5.76. The Morgan fingerprint density at radius 2 is 2.29 bits per heavy atom. The maximum atomic E-state index is 11.7. The number of carbonyl (C=O) groups is 1. The fourth-order valence-electron chi connectivity index (χ4n) is 2.41. The van der Waals surface area contributed by atoms with E-state index in [1.807, 2.05) is 24.3 Å². The first-order valence-electron chi connectivity index (χ1n) is 7.55. The fraction of sp³-hybridized carbons (Fsp3) is 0.562. The minimum Gasteiger partial charge on any atom is -0.497 e. The molecule has 0 spiro atoms. The minimum absolute atomic E-state index is 0.121. The van der Waals surface area contributed by atoms with Gasteiger partial charge in [0.1, 0.15) is 11.5 Å². The summed E-state index contributed by atoms with van der Waals surface area (Å²) in [6.45, 7) is 2.26.